The summed E-state index contributed by atoms with van der Waals surface area (Å²) in [6.07, 6.45) is 0. The number of aryl methyl sites for hydroxylation is 2. The predicted octanol–water partition coefficient (Wildman–Crippen LogP) is 8.03. The van der Waals surface area contributed by atoms with E-state index in [9.17, 15) is 14.9 Å². The summed E-state index contributed by atoms with van der Waals surface area (Å²) in [5.41, 5.74) is 4.22. The topological polar surface area (TPSA) is 104 Å². The van der Waals surface area contributed by atoms with E-state index in [1.54, 1.807) is 6.07 Å². The number of furan rings is 1. The van der Waals surface area contributed by atoms with E-state index in [0.717, 1.165) is 16.7 Å². The first-order valence-corrected chi connectivity index (χ1v) is 12.6. The maximum atomic E-state index is 12.9. The summed E-state index contributed by atoms with van der Waals surface area (Å²) in [6.45, 7) is 12.4. The summed E-state index contributed by atoms with van der Waals surface area (Å²) < 4.78 is 17.5. The van der Waals surface area contributed by atoms with E-state index in [2.05, 4.69) is 26.1 Å². The van der Waals surface area contributed by atoms with Crippen LogP contribution in [0.2, 0.25) is 0 Å². The Kier molecular flexibility index (Phi) is 7.76. The van der Waals surface area contributed by atoms with E-state index >= 15 is 0 Å². The number of carbonyl (C=O) groups is 1. The number of nitro groups is 1. The molecule has 0 bridgehead atoms. The molecular formula is C31H32N2O6. The van der Waals surface area contributed by atoms with E-state index in [1.807, 2.05) is 57.2 Å². The first-order chi connectivity index (χ1) is 18.4. The summed E-state index contributed by atoms with van der Waals surface area (Å²) in [7, 11) is 0. The van der Waals surface area contributed by atoms with Gasteiger partial charge in [-0.05, 0) is 78.8 Å². The van der Waals surface area contributed by atoms with Crippen LogP contribution in [0.1, 0.15) is 59.3 Å². The van der Waals surface area contributed by atoms with Gasteiger partial charge in [-0.1, -0.05) is 39.0 Å². The zero-order chi connectivity index (χ0) is 28.3. The average Bonchev–Trinajstić information content (AvgIpc) is 3.35. The van der Waals surface area contributed by atoms with Crippen molar-refractivity contribution >= 4 is 17.3 Å². The molecule has 4 rings (SSSR count). The highest BCUT2D eigenvalue weighted by Crippen LogP contribution is 2.33. The van der Waals surface area contributed by atoms with Gasteiger partial charge in [-0.15, -0.1) is 0 Å². The highest BCUT2D eigenvalue weighted by Gasteiger charge is 2.18. The zero-order valence-corrected chi connectivity index (χ0v) is 23.0. The second kappa shape index (κ2) is 11.0. The van der Waals surface area contributed by atoms with Crippen molar-refractivity contribution in [2.75, 3.05) is 5.32 Å². The number of hydrogen-bond acceptors (Lipinski definition) is 6. The minimum atomic E-state index is -0.551. The Bertz CT molecular complexity index is 1510. The second-order valence-corrected chi connectivity index (χ2v) is 10.6. The van der Waals surface area contributed by atoms with E-state index in [0.29, 0.717) is 17.3 Å². The van der Waals surface area contributed by atoms with Gasteiger partial charge in [0, 0.05) is 12.1 Å². The lowest BCUT2D eigenvalue weighted by molar-refractivity contribution is -0.384. The number of carbonyl (C=O) groups excluding carboxylic acids is 1. The summed E-state index contributed by atoms with van der Waals surface area (Å²) >= 11 is 0. The van der Waals surface area contributed by atoms with Gasteiger partial charge in [0.15, 0.2) is 5.76 Å². The van der Waals surface area contributed by atoms with Crippen molar-refractivity contribution in [2.45, 2.75) is 53.6 Å². The highest BCUT2D eigenvalue weighted by molar-refractivity contribution is 6.02. The number of hydrogen-bond donors (Lipinski definition) is 1. The van der Waals surface area contributed by atoms with Crippen molar-refractivity contribution in [1.29, 1.82) is 0 Å². The molecule has 0 fully saturated rings. The van der Waals surface area contributed by atoms with E-state index in [-0.39, 0.29) is 34.9 Å². The number of nitrogens with one attached hydrogen (secondary N) is 1. The minimum absolute atomic E-state index is 0.0481. The lowest BCUT2D eigenvalue weighted by Crippen LogP contribution is -2.11. The van der Waals surface area contributed by atoms with Gasteiger partial charge in [0.05, 0.1) is 16.7 Å². The minimum Gasteiger partial charge on any atom is -0.486 e. The molecule has 202 valence electrons. The summed E-state index contributed by atoms with van der Waals surface area (Å²) in [6, 6.07) is 19.1. The van der Waals surface area contributed by atoms with Gasteiger partial charge in [0.25, 0.3) is 11.6 Å². The lowest BCUT2D eigenvalue weighted by atomic mass is 9.87. The molecule has 0 unspecified atom stereocenters. The summed E-state index contributed by atoms with van der Waals surface area (Å²) in [5.74, 6) is 1.48. The van der Waals surface area contributed by atoms with Gasteiger partial charge in [0.2, 0.25) is 0 Å². The van der Waals surface area contributed by atoms with Crippen molar-refractivity contribution in [3.63, 3.8) is 0 Å². The molecule has 0 aliphatic rings. The van der Waals surface area contributed by atoms with Crippen molar-refractivity contribution < 1.29 is 23.6 Å². The number of amides is 1. The molecule has 8 nitrogen and oxygen atoms in total. The quantitative estimate of drug-likeness (QED) is 0.183. The smallest absolute Gasteiger partial charge is 0.291 e. The van der Waals surface area contributed by atoms with Crippen LogP contribution in [0.5, 0.6) is 17.2 Å². The van der Waals surface area contributed by atoms with E-state index in [4.69, 9.17) is 13.9 Å². The molecule has 0 saturated heterocycles. The van der Waals surface area contributed by atoms with Crippen molar-refractivity contribution in [3.05, 3.63) is 111 Å². The van der Waals surface area contributed by atoms with Crippen LogP contribution >= 0.6 is 0 Å². The molecule has 1 N–H and O–H groups in total. The normalized spacial score (nSPS) is 11.2. The molecule has 1 heterocycles. The van der Waals surface area contributed by atoms with Gasteiger partial charge in [-0.3, -0.25) is 14.9 Å². The van der Waals surface area contributed by atoms with Crippen LogP contribution < -0.4 is 14.8 Å². The fourth-order valence-corrected chi connectivity index (χ4v) is 4.03. The molecule has 0 aliphatic carbocycles. The van der Waals surface area contributed by atoms with Crippen LogP contribution in [0.4, 0.5) is 11.4 Å². The molecular weight excluding hydrogens is 496 g/mol. The van der Waals surface area contributed by atoms with E-state index < -0.39 is 10.8 Å². The Labute approximate surface area is 227 Å². The molecule has 1 amide bonds. The van der Waals surface area contributed by atoms with Gasteiger partial charge in [-0.25, -0.2) is 0 Å². The molecule has 8 heteroatoms. The number of non-ortho nitro benzene ring substituents is 1. The van der Waals surface area contributed by atoms with Crippen molar-refractivity contribution in [3.8, 4) is 17.2 Å². The predicted molar refractivity (Wildman–Crippen MR) is 150 cm³/mol. The standard InChI is InChI=1S/C31H32N2O6/c1-19-13-20(2)21(3)29(14-19)39-27-16-23(15-24(17-27)33(35)36)32-30(34)28-12-11-26(38-28)18-37-25-9-7-22(8-10-25)31(4,5)6/h7-17H,18H2,1-6H3,(H,32,34). The van der Waals surface area contributed by atoms with Crippen molar-refractivity contribution in [1.82, 2.24) is 0 Å². The monoisotopic (exact) mass is 528 g/mol. The molecule has 0 saturated carbocycles. The first-order valence-electron chi connectivity index (χ1n) is 12.6. The van der Waals surface area contributed by atoms with Crippen LogP contribution in [0, 0.1) is 30.9 Å². The van der Waals surface area contributed by atoms with E-state index in [1.165, 1.54) is 29.8 Å². The first kappa shape index (κ1) is 27.4. The number of nitrogens with zero attached hydrogens (tertiary/aromatic N) is 1. The lowest BCUT2D eigenvalue weighted by Gasteiger charge is -2.19. The number of anilines is 1. The number of benzene rings is 3. The van der Waals surface area contributed by atoms with Crippen LogP contribution in [0.25, 0.3) is 0 Å². The largest absolute Gasteiger partial charge is 0.486 e. The Morgan fingerprint density at radius 3 is 2.33 bits per heavy atom. The fourth-order valence-electron chi connectivity index (χ4n) is 4.03. The average molecular weight is 529 g/mol. The second-order valence-electron chi connectivity index (χ2n) is 10.6. The third-order valence-electron chi connectivity index (χ3n) is 6.34. The third-order valence-corrected chi connectivity index (χ3v) is 6.34. The Balaban J connectivity index is 1.46. The SMILES string of the molecule is Cc1cc(C)c(C)c(Oc2cc(NC(=O)c3ccc(COc4ccc(C(C)(C)C)cc4)o3)cc([N+](=O)[O-])c2)c1. The Hall–Kier alpha value is -4.59. The summed E-state index contributed by atoms with van der Waals surface area (Å²) in [5, 5.41) is 14.2. The fraction of sp³-hybridized carbons (Fsp3) is 0.258. The maximum absolute atomic E-state index is 12.9. The highest BCUT2D eigenvalue weighted by atomic mass is 16.6. The third kappa shape index (κ3) is 6.84. The van der Waals surface area contributed by atoms with Crippen LogP contribution in [0.3, 0.4) is 0 Å². The Morgan fingerprint density at radius 1 is 0.949 bits per heavy atom. The molecule has 0 spiro atoms. The van der Waals surface area contributed by atoms with Crippen LogP contribution in [0.15, 0.2) is 71.1 Å². The molecule has 0 aliphatic heterocycles. The molecule has 39 heavy (non-hydrogen) atoms. The van der Waals surface area contributed by atoms with Crippen molar-refractivity contribution in [2.24, 2.45) is 0 Å². The Morgan fingerprint density at radius 2 is 1.67 bits per heavy atom. The van der Waals surface area contributed by atoms with Gasteiger partial charge in [-0.2, -0.15) is 0 Å². The number of nitro benzene ring substituents is 1. The molecule has 0 atom stereocenters. The molecule has 0 radical (unpaired) electrons. The van der Waals surface area contributed by atoms with Gasteiger partial charge in [0.1, 0.15) is 29.6 Å². The summed E-state index contributed by atoms with van der Waals surface area (Å²) in [4.78, 5) is 23.9. The number of rotatable bonds is 8. The van der Waals surface area contributed by atoms with Crippen LogP contribution in [-0.4, -0.2) is 10.8 Å². The zero-order valence-electron chi connectivity index (χ0n) is 23.0. The number of ether oxygens (including phenoxy) is 2. The van der Waals surface area contributed by atoms with Crippen LogP contribution in [-0.2, 0) is 12.0 Å². The maximum Gasteiger partial charge on any atom is 0.291 e. The molecule has 1 aromatic heterocycles. The van der Waals surface area contributed by atoms with Gasteiger partial charge >= 0.3 is 0 Å². The molecule has 4 aromatic rings. The van der Waals surface area contributed by atoms with Gasteiger partial charge < -0.3 is 19.2 Å². The molecule has 3 aromatic carbocycles.